The number of amides is 1. The minimum Gasteiger partial charge on any atom is -0.480 e. The average Bonchev–Trinajstić information content (AvgIpc) is 2.00. The van der Waals surface area contributed by atoms with Crippen LogP contribution in [0.2, 0.25) is 0 Å². The van der Waals surface area contributed by atoms with Gasteiger partial charge in [0.1, 0.15) is 6.54 Å². The first-order valence-corrected chi connectivity index (χ1v) is 4.14. The second-order valence-corrected chi connectivity index (χ2v) is 3.43. The Labute approximate surface area is 76.8 Å². The maximum Gasteiger partial charge on any atom is 0.322 e. The summed E-state index contributed by atoms with van der Waals surface area (Å²) in [7, 11) is 0. The topological polar surface area (TPSA) is 66.4 Å². The number of hydrogen-bond acceptors (Lipinski definition) is 3. The highest BCUT2D eigenvalue weighted by atomic mass is 32.1. The van der Waals surface area contributed by atoms with Crippen molar-refractivity contribution in [1.29, 1.82) is 0 Å². The predicted octanol–water partition coefficient (Wildman–Crippen LogP) is 0.143. The van der Waals surface area contributed by atoms with E-state index in [0.29, 0.717) is 5.75 Å². The molecule has 0 aromatic carbocycles. The van der Waals surface area contributed by atoms with Gasteiger partial charge in [-0.3, -0.25) is 9.59 Å². The van der Waals surface area contributed by atoms with Crippen LogP contribution in [-0.4, -0.2) is 29.3 Å². The van der Waals surface area contributed by atoms with Gasteiger partial charge in [-0.2, -0.15) is 12.6 Å². The minimum atomic E-state index is -1.04. The average molecular weight is 191 g/mol. The molecule has 0 aliphatic carbocycles. The van der Waals surface area contributed by atoms with Crippen molar-refractivity contribution in [3.05, 3.63) is 0 Å². The number of nitrogens with one attached hydrogen (secondary N) is 1. The van der Waals surface area contributed by atoms with Crippen LogP contribution in [0.15, 0.2) is 0 Å². The highest BCUT2D eigenvalue weighted by Gasteiger charge is 2.25. The van der Waals surface area contributed by atoms with Crippen molar-refractivity contribution in [2.75, 3.05) is 12.3 Å². The number of hydrogen-bond donors (Lipinski definition) is 3. The third-order valence-electron chi connectivity index (χ3n) is 1.41. The molecule has 0 saturated heterocycles. The number of carboxylic acids is 1. The van der Waals surface area contributed by atoms with Gasteiger partial charge in [0.2, 0.25) is 5.91 Å². The van der Waals surface area contributed by atoms with Crippen LogP contribution in [0.4, 0.5) is 0 Å². The standard InChI is InChI=1S/C7H13NO3S/c1-7(2,4-12)6(11)8-3-5(9)10/h12H,3-4H2,1-2H3,(H,8,11)(H,9,10). The summed E-state index contributed by atoms with van der Waals surface area (Å²) < 4.78 is 0. The Morgan fingerprint density at radius 3 is 2.33 bits per heavy atom. The largest absolute Gasteiger partial charge is 0.480 e. The van der Waals surface area contributed by atoms with Crippen molar-refractivity contribution in [3.8, 4) is 0 Å². The van der Waals surface area contributed by atoms with Crippen LogP contribution in [0.25, 0.3) is 0 Å². The summed E-state index contributed by atoms with van der Waals surface area (Å²) in [6.45, 7) is 3.07. The predicted molar refractivity (Wildman–Crippen MR) is 48.3 cm³/mol. The number of carboxylic acid groups (broad SMARTS) is 1. The Morgan fingerprint density at radius 2 is 2.00 bits per heavy atom. The lowest BCUT2D eigenvalue weighted by atomic mass is 9.95. The third kappa shape index (κ3) is 3.61. The number of aliphatic carboxylic acids is 1. The fourth-order valence-electron chi connectivity index (χ4n) is 0.467. The molecule has 0 rings (SSSR count). The third-order valence-corrected chi connectivity index (χ3v) is 2.20. The van der Waals surface area contributed by atoms with Gasteiger partial charge >= 0.3 is 5.97 Å². The molecule has 0 aliphatic heterocycles. The molecule has 0 fully saturated rings. The Hall–Kier alpha value is -0.710. The van der Waals surface area contributed by atoms with Crippen LogP contribution < -0.4 is 5.32 Å². The van der Waals surface area contributed by atoms with Crippen LogP contribution in [0.3, 0.4) is 0 Å². The summed E-state index contributed by atoms with van der Waals surface area (Å²) in [4.78, 5) is 21.3. The van der Waals surface area contributed by atoms with Crippen LogP contribution in [0.1, 0.15) is 13.8 Å². The van der Waals surface area contributed by atoms with Gasteiger partial charge in [0.05, 0.1) is 5.41 Å². The van der Waals surface area contributed by atoms with Crippen molar-refractivity contribution < 1.29 is 14.7 Å². The van der Waals surface area contributed by atoms with Crippen LogP contribution in [0.5, 0.6) is 0 Å². The highest BCUT2D eigenvalue weighted by Crippen LogP contribution is 2.16. The van der Waals surface area contributed by atoms with Crippen LogP contribution in [-0.2, 0) is 9.59 Å². The van der Waals surface area contributed by atoms with Gasteiger partial charge in [0.25, 0.3) is 0 Å². The van der Waals surface area contributed by atoms with Crippen molar-refractivity contribution >= 4 is 24.5 Å². The second kappa shape index (κ2) is 4.35. The smallest absolute Gasteiger partial charge is 0.322 e. The molecule has 0 spiro atoms. The lowest BCUT2D eigenvalue weighted by Gasteiger charge is -2.19. The first-order valence-electron chi connectivity index (χ1n) is 3.51. The van der Waals surface area contributed by atoms with E-state index in [1.165, 1.54) is 0 Å². The minimum absolute atomic E-state index is 0.292. The van der Waals surface area contributed by atoms with Gasteiger partial charge in [-0.25, -0.2) is 0 Å². The molecule has 0 bridgehead atoms. The van der Waals surface area contributed by atoms with E-state index in [1.54, 1.807) is 13.8 Å². The zero-order valence-electron chi connectivity index (χ0n) is 7.13. The Bertz CT molecular complexity index is 191. The second-order valence-electron chi connectivity index (χ2n) is 3.12. The van der Waals surface area contributed by atoms with Gasteiger partial charge in [-0.1, -0.05) is 13.8 Å². The molecule has 0 saturated carbocycles. The van der Waals surface area contributed by atoms with E-state index in [0.717, 1.165) is 0 Å². The van der Waals surface area contributed by atoms with Gasteiger partial charge < -0.3 is 10.4 Å². The molecule has 2 N–H and O–H groups in total. The van der Waals surface area contributed by atoms with E-state index in [1.807, 2.05) is 0 Å². The molecule has 5 heteroatoms. The van der Waals surface area contributed by atoms with E-state index in [9.17, 15) is 9.59 Å². The molecule has 0 aliphatic rings. The summed E-state index contributed by atoms with van der Waals surface area (Å²) in [6, 6.07) is 0. The lowest BCUT2D eigenvalue weighted by Crippen LogP contribution is -2.40. The zero-order chi connectivity index (χ0) is 9.78. The fourth-order valence-corrected chi connectivity index (χ4v) is 0.611. The molecule has 1 amide bonds. The zero-order valence-corrected chi connectivity index (χ0v) is 8.02. The van der Waals surface area contributed by atoms with E-state index in [2.05, 4.69) is 17.9 Å². The molecular weight excluding hydrogens is 178 g/mol. The van der Waals surface area contributed by atoms with Gasteiger partial charge in [-0.15, -0.1) is 0 Å². The number of thiol groups is 1. The van der Waals surface area contributed by atoms with Crippen molar-refractivity contribution in [2.24, 2.45) is 5.41 Å². The molecule has 0 aromatic rings. The molecule has 70 valence electrons. The molecule has 0 unspecified atom stereocenters. The van der Waals surface area contributed by atoms with Crippen molar-refractivity contribution in [3.63, 3.8) is 0 Å². The van der Waals surface area contributed by atoms with E-state index < -0.39 is 11.4 Å². The lowest BCUT2D eigenvalue weighted by molar-refractivity contribution is -0.139. The number of rotatable bonds is 4. The molecule has 0 heterocycles. The Balaban J connectivity index is 3.96. The number of carbonyl (C=O) groups excluding carboxylic acids is 1. The molecule has 0 aromatic heterocycles. The maximum atomic E-state index is 11.2. The van der Waals surface area contributed by atoms with Crippen molar-refractivity contribution in [2.45, 2.75) is 13.8 Å². The summed E-state index contributed by atoms with van der Waals surface area (Å²) >= 11 is 3.98. The van der Waals surface area contributed by atoms with Gasteiger partial charge in [-0.05, 0) is 0 Å². The molecule has 4 nitrogen and oxygen atoms in total. The van der Waals surface area contributed by atoms with Gasteiger partial charge in [0.15, 0.2) is 0 Å². The first kappa shape index (κ1) is 11.3. The first-order chi connectivity index (χ1) is 5.40. The molecular formula is C7H13NO3S. The summed E-state index contributed by atoms with van der Waals surface area (Å²) in [5.74, 6) is -0.948. The molecule has 12 heavy (non-hydrogen) atoms. The Kier molecular flexibility index (Phi) is 4.09. The number of carbonyl (C=O) groups is 2. The van der Waals surface area contributed by atoms with E-state index in [4.69, 9.17) is 5.11 Å². The van der Waals surface area contributed by atoms with E-state index >= 15 is 0 Å². The van der Waals surface area contributed by atoms with E-state index in [-0.39, 0.29) is 12.5 Å². The molecule has 0 radical (unpaired) electrons. The highest BCUT2D eigenvalue weighted by molar-refractivity contribution is 7.80. The monoisotopic (exact) mass is 191 g/mol. The van der Waals surface area contributed by atoms with Crippen LogP contribution >= 0.6 is 12.6 Å². The maximum absolute atomic E-state index is 11.2. The SMILES string of the molecule is CC(C)(CS)C(=O)NCC(=O)O. The Morgan fingerprint density at radius 1 is 1.50 bits per heavy atom. The van der Waals surface area contributed by atoms with Crippen molar-refractivity contribution in [1.82, 2.24) is 5.32 Å². The van der Waals surface area contributed by atoms with Gasteiger partial charge in [0, 0.05) is 5.75 Å². The summed E-state index contributed by atoms with van der Waals surface area (Å²) in [6.07, 6.45) is 0. The quantitative estimate of drug-likeness (QED) is 0.554. The fraction of sp³-hybridized carbons (Fsp3) is 0.714. The summed E-state index contributed by atoms with van der Waals surface area (Å²) in [5, 5.41) is 10.6. The molecule has 0 atom stereocenters. The van der Waals surface area contributed by atoms with Crippen LogP contribution in [0, 0.1) is 5.41 Å². The normalized spacial score (nSPS) is 10.9. The summed E-state index contributed by atoms with van der Waals surface area (Å²) in [5.41, 5.74) is -0.613.